The molecule has 0 aromatic heterocycles. The van der Waals surface area contributed by atoms with E-state index in [2.05, 4.69) is 0 Å². The van der Waals surface area contributed by atoms with Crippen LogP contribution >= 0.6 is 0 Å². The molecule has 1 aromatic carbocycles. The van der Waals surface area contributed by atoms with Crippen LogP contribution in [-0.4, -0.2) is 4.21 Å². The summed E-state index contributed by atoms with van der Waals surface area (Å²) in [4.78, 5) is 0.423. The van der Waals surface area contributed by atoms with Crippen LogP contribution in [0, 0.1) is 0 Å². The molecule has 0 bridgehead atoms. The molecule has 1 saturated carbocycles. The van der Waals surface area contributed by atoms with Gasteiger partial charge < -0.3 is 5.73 Å². The third-order valence-electron chi connectivity index (χ3n) is 3.17. The van der Waals surface area contributed by atoms with Gasteiger partial charge in [-0.05, 0) is 36.5 Å². The average Bonchev–Trinajstić information content (AvgIpc) is 2.69. The van der Waals surface area contributed by atoms with Crippen LogP contribution in [0.3, 0.4) is 0 Å². The summed E-state index contributed by atoms with van der Waals surface area (Å²) in [7, 11) is -2.88. The molecule has 2 rings (SSSR count). The quantitative estimate of drug-likeness (QED) is 0.794. The Balaban J connectivity index is 2.43. The monoisotopic (exact) mass is 256 g/mol. The fraction of sp³-hybridized carbons (Fsp3) is 0.455. The highest BCUT2D eigenvalue weighted by Crippen LogP contribution is 2.35. The van der Waals surface area contributed by atoms with Crippen LogP contribution in [0.5, 0.6) is 0 Å². The van der Waals surface area contributed by atoms with Crippen molar-refractivity contribution >= 4 is 25.6 Å². The number of benzene rings is 1. The molecule has 3 nitrogen and oxygen atoms in total. The van der Waals surface area contributed by atoms with Crippen LogP contribution in [0.4, 0.5) is 5.69 Å². The molecule has 1 fully saturated rings. The number of nitrogens with two attached hydrogens (primary N) is 2. The molecule has 0 heterocycles. The summed E-state index contributed by atoms with van der Waals surface area (Å²) in [5.41, 5.74) is 7.35. The van der Waals surface area contributed by atoms with Gasteiger partial charge >= 0.3 is 0 Å². The number of rotatable bonds is 2. The molecule has 4 N–H and O–H groups in total. The molecule has 0 radical (unpaired) electrons. The van der Waals surface area contributed by atoms with Gasteiger partial charge in [-0.15, -0.1) is 0 Å². The maximum absolute atomic E-state index is 11.7. The summed E-state index contributed by atoms with van der Waals surface area (Å²) in [6.45, 7) is 0. The van der Waals surface area contributed by atoms with Crippen molar-refractivity contribution in [2.75, 3.05) is 5.73 Å². The van der Waals surface area contributed by atoms with E-state index in [0.29, 0.717) is 16.5 Å². The fourth-order valence-electron chi connectivity index (χ4n) is 2.31. The maximum atomic E-state index is 11.7. The zero-order valence-corrected chi connectivity index (χ0v) is 10.7. The Kier molecular flexibility index (Phi) is 3.19. The molecule has 5 heteroatoms. The van der Waals surface area contributed by atoms with Crippen LogP contribution in [0.2, 0.25) is 0 Å². The molecule has 1 aliphatic carbocycles. The smallest absolute Gasteiger partial charge is 0.118 e. The SMILES string of the molecule is Nc1ccc(C2CCCC2)cc1S(N)(=O)=S. The van der Waals surface area contributed by atoms with E-state index >= 15 is 0 Å². The Labute approximate surface area is 101 Å². The van der Waals surface area contributed by atoms with Gasteiger partial charge in [0.25, 0.3) is 0 Å². The van der Waals surface area contributed by atoms with E-state index in [4.69, 9.17) is 22.1 Å². The summed E-state index contributed by atoms with van der Waals surface area (Å²) in [5, 5.41) is 5.49. The number of nitrogen functional groups attached to an aromatic ring is 1. The first kappa shape index (κ1) is 11.8. The van der Waals surface area contributed by atoms with Gasteiger partial charge in [0.1, 0.15) is 8.68 Å². The van der Waals surface area contributed by atoms with Crippen LogP contribution in [0.15, 0.2) is 23.1 Å². The summed E-state index contributed by atoms with van der Waals surface area (Å²) in [6, 6.07) is 5.60. The molecule has 1 aromatic rings. The van der Waals surface area contributed by atoms with Crippen LogP contribution in [-0.2, 0) is 19.9 Å². The number of hydrogen-bond acceptors (Lipinski definition) is 3. The molecule has 16 heavy (non-hydrogen) atoms. The first-order chi connectivity index (χ1) is 7.48. The topological polar surface area (TPSA) is 69.1 Å². The molecule has 0 spiro atoms. The average molecular weight is 256 g/mol. The van der Waals surface area contributed by atoms with Crippen LogP contribution in [0.1, 0.15) is 37.2 Å². The largest absolute Gasteiger partial charge is 0.398 e. The Morgan fingerprint density at radius 3 is 2.50 bits per heavy atom. The van der Waals surface area contributed by atoms with Crippen molar-refractivity contribution in [3.63, 3.8) is 0 Å². The molecule has 0 amide bonds. The van der Waals surface area contributed by atoms with Crippen molar-refractivity contribution in [3.05, 3.63) is 23.8 Å². The summed E-state index contributed by atoms with van der Waals surface area (Å²) >= 11 is 4.80. The standard InChI is InChI=1S/C11H16N2OS2/c12-10-6-5-9(8-3-1-2-4-8)7-11(10)16(13,14)15/h5-8H,1-4,12H2,(H2,13,14,15). The van der Waals surface area contributed by atoms with E-state index in [-0.39, 0.29) is 0 Å². The van der Waals surface area contributed by atoms with Crippen molar-refractivity contribution in [1.82, 2.24) is 0 Å². The van der Waals surface area contributed by atoms with Crippen molar-refractivity contribution in [1.29, 1.82) is 0 Å². The summed E-state index contributed by atoms with van der Waals surface area (Å²) in [6.07, 6.45) is 4.89. The molecule has 88 valence electrons. The second-order valence-electron chi connectivity index (χ2n) is 4.32. The van der Waals surface area contributed by atoms with Crippen molar-refractivity contribution in [2.45, 2.75) is 36.5 Å². The molecule has 0 saturated heterocycles. The number of anilines is 1. The van der Waals surface area contributed by atoms with Gasteiger partial charge in [0.05, 0.1) is 4.90 Å². The van der Waals surface area contributed by atoms with Crippen molar-refractivity contribution in [3.8, 4) is 0 Å². The molecule has 1 aliphatic rings. The minimum Gasteiger partial charge on any atom is -0.398 e. The third kappa shape index (κ3) is 2.36. The van der Waals surface area contributed by atoms with Crippen LogP contribution in [0.25, 0.3) is 0 Å². The molecule has 1 atom stereocenters. The minimum atomic E-state index is -2.88. The highest BCUT2D eigenvalue weighted by Gasteiger charge is 2.19. The van der Waals surface area contributed by atoms with Crippen molar-refractivity contribution < 1.29 is 4.21 Å². The lowest BCUT2D eigenvalue weighted by atomic mass is 9.98. The molecular formula is C11H16N2OS2. The second kappa shape index (κ2) is 4.31. The predicted octanol–water partition coefficient (Wildman–Crippen LogP) is 1.91. The van der Waals surface area contributed by atoms with E-state index in [1.165, 1.54) is 31.2 Å². The zero-order valence-electron chi connectivity index (χ0n) is 9.02. The van der Waals surface area contributed by atoms with Crippen LogP contribution < -0.4 is 10.9 Å². The van der Waals surface area contributed by atoms with Crippen molar-refractivity contribution in [2.24, 2.45) is 5.14 Å². The van der Waals surface area contributed by atoms with Gasteiger partial charge in [-0.1, -0.05) is 18.9 Å². The molecular weight excluding hydrogens is 240 g/mol. The van der Waals surface area contributed by atoms with Gasteiger partial charge in [0.15, 0.2) is 0 Å². The third-order valence-corrected chi connectivity index (χ3v) is 4.68. The van der Waals surface area contributed by atoms with Gasteiger partial charge in [0.2, 0.25) is 0 Å². The Bertz CT molecular complexity index is 491. The highest BCUT2D eigenvalue weighted by molar-refractivity contribution is 8.31. The van der Waals surface area contributed by atoms with Gasteiger partial charge in [0, 0.05) is 16.9 Å². The predicted molar refractivity (Wildman–Crippen MR) is 70.0 cm³/mol. The van der Waals surface area contributed by atoms with E-state index in [1.807, 2.05) is 12.1 Å². The second-order valence-corrected chi connectivity index (χ2v) is 7.34. The van der Waals surface area contributed by atoms with E-state index in [1.54, 1.807) is 6.07 Å². The van der Waals surface area contributed by atoms with E-state index in [0.717, 1.165) is 0 Å². The first-order valence-corrected chi connectivity index (χ1v) is 7.95. The maximum Gasteiger partial charge on any atom is 0.118 e. The molecule has 1 unspecified atom stereocenters. The van der Waals surface area contributed by atoms with E-state index < -0.39 is 8.68 Å². The fourth-order valence-corrected chi connectivity index (χ4v) is 3.44. The minimum absolute atomic E-state index is 0.423. The summed E-state index contributed by atoms with van der Waals surface area (Å²) in [5.74, 6) is 0.552. The van der Waals surface area contributed by atoms with Gasteiger partial charge in [-0.25, -0.2) is 9.35 Å². The lowest BCUT2D eigenvalue weighted by Gasteiger charge is -2.13. The van der Waals surface area contributed by atoms with Gasteiger partial charge in [-0.2, -0.15) is 0 Å². The Morgan fingerprint density at radius 2 is 1.94 bits per heavy atom. The van der Waals surface area contributed by atoms with E-state index in [9.17, 15) is 4.21 Å². The summed E-state index contributed by atoms with van der Waals surface area (Å²) < 4.78 is 11.7. The Morgan fingerprint density at radius 1 is 1.31 bits per heavy atom. The normalized spacial score (nSPS) is 20.8. The van der Waals surface area contributed by atoms with Gasteiger partial charge in [-0.3, -0.25) is 0 Å². The highest BCUT2D eigenvalue weighted by atomic mass is 32.8. The lowest BCUT2D eigenvalue weighted by Crippen LogP contribution is -2.13. The zero-order chi connectivity index (χ0) is 11.8. The molecule has 0 aliphatic heterocycles. The first-order valence-electron chi connectivity index (χ1n) is 5.41. The Hall–Kier alpha value is -0.650. The lowest BCUT2D eigenvalue weighted by molar-refractivity contribution is 0.682. The number of hydrogen-bond donors (Lipinski definition) is 2.